The van der Waals surface area contributed by atoms with E-state index in [1.54, 1.807) is 17.0 Å². The van der Waals surface area contributed by atoms with E-state index in [0.29, 0.717) is 25.2 Å². The lowest BCUT2D eigenvalue weighted by atomic mass is 9.64. The van der Waals surface area contributed by atoms with Crippen LogP contribution in [0.1, 0.15) is 42.1 Å². The van der Waals surface area contributed by atoms with Gasteiger partial charge in [0, 0.05) is 50.6 Å². The van der Waals surface area contributed by atoms with Crippen LogP contribution in [-0.4, -0.2) is 62.2 Å². The number of nitrogens with one attached hydrogen (secondary N) is 1. The molecule has 0 atom stereocenters. The number of piperazine rings is 1. The van der Waals surface area contributed by atoms with Crippen molar-refractivity contribution in [2.45, 2.75) is 36.5 Å². The van der Waals surface area contributed by atoms with Gasteiger partial charge in [0.1, 0.15) is 0 Å². The zero-order valence-electron chi connectivity index (χ0n) is 18.3. The van der Waals surface area contributed by atoms with Crippen LogP contribution in [0.2, 0.25) is 0 Å². The summed E-state index contributed by atoms with van der Waals surface area (Å²) >= 11 is 0. The lowest BCUT2D eigenvalue weighted by molar-refractivity contribution is -0.129. The summed E-state index contributed by atoms with van der Waals surface area (Å²) in [6.45, 7) is 3.25. The molecule has 2 amide bonds. The molecule has 2 aliphatic rings. The minimum atomic E-state index is -3.73. The van der Waals surface area contributed by atoms with E-state index in [1.807, 2.05) is 18.2 Å². The summed E-state index contributed by atoms with van der Waals surface area (Å²) in [5.74, 6) is -0.328. The van der Waals surface area contributed by atoms with Crippen molar-refractivity contribution in [3.63, 3.8) is 0 Å². The second kappa shape index (κ2) is 9.03. The molecule has 4 rings (SSSR count). The Morgan fingerprint density at radius 2 is 1.66 bits per heavy atom. The van der Waals surface area contributed by atoms with Crippen molar-refractivity contribution in [2.24, 2.45) is 0 Å². The fourth-order valence-corrected chi connectivity index (χ4v) is 5.97. The number of hydrogen-bond donors (Lipinski definition) is 1. The highest BCUT2D eigenvalue weighted by Gasteiger charge is 2.38. The summed E-state index contributed by atoms with van der Waals surface area (Å²) in [4.78, 5) is 26.1. The van der Waals surface area contributed by atoms with Crippen LogP contribution in [0, 0.1) is 0 Å². The monoisotopic (exact) mass is 455 g/mol. The first kappa shape index (κ1) is 22.5. The van der Waals surface area contributed by atoms with Gasteiger partial charge in [0.2, 0.25) is 15.9 Å². The van der Waals surface area contributed by atoms with Gasteiger partial charge >= 0.3 is 0 Å². The first-order valence-electron chi connectivity index (χ1n) is 11.0. The van der Waals surface area contributed by atoms with Crippen LogP contribution in [0.5, 0.6) is 0 Å². The van der Waals surface area contributed by atoms with Crippen LogP contribution < -0.4 is 5.32 Å². The number of rotatable bonds is 6. The highest BCUT2D eigenvalue weighted by atomic mass is 32.2. The number of sulfonamides is 1. The fraction of sp³-hybridized carbons (Fsp3) is 0.417. The van der Waals surface area contributed by atoms with E-state index >= 15 is 0 Å². The molecule has 1 saturated heterocycles. The van der Waals surface area contributed by atoms with E-state index in [4.69, 9.17) is 0 Å². The fourth-order valence-electron chi connectivity index (χ4n) is 4.50. The molecule has 0 radical (unpaired) electrons. The van der Waals surface area contributed by atoms with Crippen molar-refractivity contribution < 1.29 is 18.0 Å². The molecule has 0 bridgehead atoms. The Morgan fingerprint density at radius 3 is 2.25 bits per heavy atom. The van der Waals surface area contributed by atoms with Gasteiger partial charge in [0.25, 0.3) is 5.91 Å². The quantitative estimate of drug-likeness (QED) is 0.725. The summed E-state index contributed by atoms with van der Waals surface area (Å²) in [6, 6.07) is 16.4. The molecule has 1 saturated carbocycles. The Morgan fingerprint density at radius 1 is 0.969 bits per heavy atom. The lowest BCUT2D eigenvalue weighted by Gasteiger charge is -2.42. The average Bonchev–Trinajstić information content (AvgIpc) is 2.79. The Hall–Kier alpha value is -2.71. The van der Waals surface area contributed by atoms with Gasteiger partial charge in [-0.2, -0.15) is 4.31 Å². The van der Waals surface area contributed by atoms with Crippen LogP contribution >= 0.6 is 0 Å². The van der Waals surface area contributed by atoms with E-state index in [2.05, 4.69) is 17.4 Å². The minimum Gasteiger partial charge on any atom is -0.351 e. The smallest absolute Gasteiger partial charge is 0.251 e. The predicted octanol–water partition coefficient (Wildman–Crippen LogP) is 2.39. The molecule has 7 nitrogen and oxygen atoms in total. The van der Waals surface area contributed by atoms with Gasteiger partial charge in [-0.1, -0.05) is 42.8 Å². The van der Waals surface area contributed by atoms with E-state index in [-0.39, 0.29) is 35.2 Å². The summed E-state index contributed by atoms with van der Waals surface area (Å²) in [7, 11) is -3.73. The third kappa shape index (κ3) is 4.42. The van der Waals surface area contributed by atoms with E-state index < -0.39 is 10.0 Å². The van der Waals surface area contributed by atoms with Gasteiger partial charge in [-0.3, -0.25) is 9.59 Å². The number of nitrogens with zero attached hydrogens (tertiary/aromatic N) is 2. The van der Waals surface area contributed by atoms with Crippen LogP contribution in [0.3, 0.4) is 0 Å². The third-order valence-corrected chi connectivity index (χ3v) is 8.60. The summed E-state index contributed by atoms with van der Waals surface area (Å²) in [5.41, 5.74) is 1.51. The molecule has 0 spiro atoms. The van der Waals surface area contributed by atoms with Crippen molar-refractivity contribution in [3.8, 4) is 0 Å². The minimum absolute atomic E-state index is 0.0446. The molecule has 2 aromatic rings. The predicted molar refractivity (Wildman–Crippen MR) is 122 cm³/mol. The Labute approximate surface area is 189 Å². The highest BCUT2D eigenvalue weighted by molar-refractivity contribution is 7.89. The Bertz CT molecular complexity index is 1090. The first-order chi connectivity index (χ1) is 15.3. The molecule has 32 heavy (non-hydrogen) atoms. The van der Waals surface area contributed by atoms with E-state index in [1.165, 1.54) is 28.9 Å². The molecule has 170 valence electrons. The van der Waals surface area contributed by atoms with Crippen molar-refractivity contribution in [1.29, 1.82) is 0 Å². The topological polar surface area (TPSA) is 86.8 Å². The Balaban J connectivity index is 1.44. The molecule has 0 unspecified atom stereocenters. The standard InChI is InChI=1S/C24H29N3O4S/c1-19(28)26-13-15-27(16-14-26)32(30,31)22-10-5-7-20(17-22)23(29)25-18-24(11-6-12-24)21-8-3-2-4-9-21/h2-5,7-10,17H,6,11-16,18H2,1H3,(H,25,29). The van der Waals surface area contributed by atoms with Gasteiger partial charge in [0.15, 0.2) is 0 Å². The second-order valence-electron chi connectivity index (χ2n) is 8.62. The van der Waals surface area contributed by atoms with Crippen molar-refractivity contribution in [2.75, 3.05) is 32.7 Å². The number of carbonyl (C=O) groups is 2. The van der Waals surface area contributed by atoms with Crippen molar-refractivity contribution in [1.82, 2.24) is 14.5 Å². The highest BCUT2D eigenvalue weighted by Crippen LogP contribution is 2.43. The molecule has 1 N–H and O–H groups in total. The van der Waals surface area contributed by atoms with Gasteiger partial charge < -0.3 is 10.2 Å². The molecular formula is C24H29N3O4S. The van der Waals surface area contributed by atoms with Crippen LogP contribution in [-0.2, 0) is 20.2 Å². The maximum absolute atomic E-state index is 13.1. The molecular weight excluding hydrogens is 426 g/mol. The third-order valence-electron chi connectivity index (χ3n) is 6.70. The summed E-state index contributed by atoms with van der Waals surface area (Å²) in [5, 5.41) is 3.03. The molecule has 1 heterocycles. The van der Waals surface area contributed by atoms with Gasteiger partial charge in [-0.15, -0.1) is 0 Å². The number of benzene rings is 2. The van der Waals surface area contributed by atoms with Gasteiger partial charge in [0.05, 0.1) is 4.90 Å². The largest absolute Gasteiger partial charge is 0.351 e. The molecule has 1 aliphatic carbocycles. The van der Waals surface area contributed by atoms with Gasteiger partial charge in [-0.25, -0.2) is 8.42 Å². The zero-order chi connectivity index (χ0) is 22.8. The Kier molecular flexibility index (Phi) is 6.35. The number of hydrogen-bond acceptors (Lipinski definition) is 4. The maximum Gasteiger partial charge on any atom is 0.251 e. The number of carbonyl (C=O) groups excluding carboxylic acids is 2. The van der Waals surface area contributed by atoms with E-state index in [0.717, 1.165) is 19.3 Å². The normalized spacial score (nSPS) is 18.6. The number of amides is 2. The summed E-state index contributed by atoms with van der Waals surface area (Å²) < 4.78 is 27.6. The van der Waals surface area contributed by atoms with Crippen LogP contribution in [0.4, 0.5) is 0 Å². The zero-order valence-corrected chi connectivity index (χ0v) is 19.1. The van der Waals surface area contributed by atoms with E-state index in [9.17, 15) is 18.0 Å². The molecule has 8 heteroatoms. The van der Waals surface area contributed by atoms with Crippen molar-refractivity contribution in [3.05, 3.63) is 65.7 Å². The summed E-state index contributed by atoms with van der Waals surface area (Å²) in [6.07, 6.45) is 3.19. The molecule has 1 aliphatic heterocycles. The average molecular weight is 456 g/mol. The molecule has 2 fully saturated rings. The van der Waals surface area contributed by atoms with Crippen molar-refractivity contribution >= 4 is 21.8 Å². The molecule has 2 aromatic carbocycles. The molecule has 0 aromatic heterocycles. The SMILES string of the molecule is CC(=O)N1CCN(S(=O)(=O)c2cccc(C(=O)NCC3(c4ccccc4)CCC3)c2)CC1. The maximum atomic E-state index is 13.1. The lowest BCUT2D eigenvalue weighted by Crippen LogP contribution is -2.49. The van der Waals surface area contributed by atoms with Crippen LogP contribution in [0.15, 0.2) is 59.5 Å². The second-order valence-corrected chi connectivity index (χ2v) is 10.6. The van der Waals surface area contributed by atoms with Crippen LogP contribution in [0.25, 0.3) is 0 Å². The first-order valence-corrected chi connectivity index (χ1v) is 12.5. The van der Waals surface area contributed by atoms with Gasteiger partial charge in [-0.05, 0) is 36.6 Å².